The van der Waals surface area contributed by atoms with Gasteiger partial charge in [0.25, 0.3) is 0 Å². The number of alkyl halides is 2. The molecule has 0 atom stereocenters. The van der Waals surface area contributed by atoms with Crippen molar-refractivity contribution >= 4 is 0 Å². The standard InChI is InChI=1S/C8H16F2/c1-3-7(4-2)8(5-9)6-10/h7-8H,3-6H2,1-2H3. The molecule has 0 heterocycles. The van der Waals surface area contributed by atoms with Crippen molar-refractivity contribution in [1.29, 1.82) is 0 Å². The first-order valence-corrected chi connectivity index (χ1v) is 3.92. The Bertz CT molecular complexity index is 55.7. The van der Waals surface area contributed by atoms with Gasteiger partial charge in [-0.25, -0.2) is 0 Å². The van der Waals surface area contributed by atoms with Crippen LogP contribution in [0.1, 0.15) is 26.7 Å². The van der Waals surface area contributed by atoms with Crippen LogP contribution in [0.15, 0.2) is 0 Å². The third-order valence-corrected chi connectivity index (χ3v) is 2.11. The Hall–Kier alpha value is -0.140. The van der Waals surface area contributed by atoms with Crippen LogP contribution in [0.25, 0.3) is 0 Å². The SMILES string of the molecule is CCC(CC)C(CF)CF. The summed E-state index contributed by atoms with van der Waals surface area (Å²) in [5.41, 5.74) is 0. The molecule has 0 aliphatic heterocycles. The number of rotatable bonds is 5. The van der Waals surface area contributed by atoms with Crippen molar-refractivity contribution in [2.24, 2.45) is 11.8 Å². The molecule has 0 nitrogen and oxygen atoms in total. The van der Waals surface area contributed by atoms with Crippen molar-refractivity contribution in [2.75, 3.05) is 13.3 Å². The summed E-state index contributed by atoms with van der Waals surface area (Å²) in [5, 5.41) is 0. The van der Waals surface area contributed by atoms with E-state index >= 15 is 0 Å². The van der Waals surface area contributed by atoms with E-state index in [1.165, 1.54) is 0 Å². The van der Waals surface area contributed by atoms with E-state index in [0.29, 0.717) is 0 Å². The van der Waals surface area contributed by atoms with E-state index in [9.17, 15) is 8.78 Å². The molecule has 10 heavy (non-hydrogen) atoms. The Morgan fingerprint density at radius 3 is 1.40 bits per heavy atom. The minimum Gasteiger partial charge on any atom is -0.251 e. The van der Waals surface area contributed by atoms with Crippen LogP contribution in [-0.2, 0) is 0 Å². The Labute approximate surface area is 61.6 Å². The summed E-state index contributed by atoms with van der Waals surface area (Å²) >= 11 is 0. The zero-order chi connectivity index (χ0) is 7.98. The smallest absolute Gasteiger partial charge is 0.0950 e. The number of hydrogen-bond donors (Lipinski definition) is 0. The van der Waals surface area contributed by atoms with Crippen molar-refractivity contribution in [1.82, 2.24) is 0 Å². The maximum Gasteiger partial charge on any atom is 0.0950 e. The minimum absolute atomic E-state index is 0.231. The molecule has 0 aromatic rings. The largest absolute Gasteiger partial charge is 0.251 e. The lowest BCUT2D eigenvalue weighted by molar-refractivity contribution is 0.200. The van der Waals surface area contributed by atoms with Gasteiger partial charge in [-0.05, 0) is 5.92 Å². The molecule has 0 radical (unpaired) electrons. The van der Waals surface area contributed by atoms with E-state index in [0.717, 1.165) is 12.8 Å². The molecule has 2 heteroatoms. The molecule has 0 aromatic carbocycles. The van der Waals surface area contributed by atoms with Crippen molar-refractivity contribution in [3.05, 3.63) is 0 Å². The normalized spacial score (nSPS) is 11.4. The summed E-state index contributed by atoms with van der Waals surface area (Å²) in [4.78, 5) is 0. The van der Waals surface area contributed by atoms with E-state index in [2.05, 4.69) is 0 Å². The molecule has 0 amide bonds. The summed E-state index contributed by atoms with van der Waals surface area (Å²) in [6.07, 6.45) is 1.77. The first-order valence-electron chi connectivity index (χ1n) is 3.92. The second-order valence-electron chi connectivity index (χ2n) is 2.65. The summed E-state index contributed by atoms with van der Waals surface area (Å²) in [7, 11) is 0. The molecule has 0 aliphatic carbocycles. The molecular weight excluding hydrogens is 134 g/mol. The molecule has 0 N–H and O–H groups in total. The van der Waals surface area contributed by atoms with Gasteiger partial charge in [0.15, 0.2) is 0 Å². The average molecular weight is 150 g/mol. The monoisotopic (exact) mass is 150 g/mol. The molecular formula is C8H16F2. The molecule has 0 aromatic heterocycles. The van der Waals surface area contributed by atoms with Crippen LogP contribution in [0.4, 0.5) is 8.78 Å². The summed E-state index contributed by atoms with van der Waals surface area (Å²) < 4.78 is 24.1. The first-order chi connectivity index (χ1) is 4.79. The van der Waals surface area contributed by atoms with Gasteiger partial charge < -0.3 is 0 Å². The molecule has 62 valence electrons. The third-order valence-electron chi connectivity index (χ3n) is 2.11. The number of hydrogen-bond acceptors (Lipinski definition) is 0. The third kappa shape index (κ3) is 2.63. The van der Waals surface area contributed by atoms with Gasteiger partial charge in [-0.2, -0.15) is 0 Å². The van der Waals surface area contributed by atoms with Gasteiger partial charge in [0.2, 0.25) is 0 Å². The Balaban J connectivity index is 3.70. The summed E-state index contributed by atoms with van der Waals surface area (Å²) in [6, 6.07) is 0. The highest BCUT2D eigenvalue weighted by Crippen LogP contribution is 2.20. The van der Waals surface area contributed by atoms with Crippen LogP contribution < -0.4 is 0 Å². The van der Waals surface area contributed by atoms with Gasteiger partial charge in [0.1, 0.15) is 0 Å². The maximum atomic E-state index is 12.0. The molecule has 0 bridgehead atoms. The van der Waals surface area contributed by atoms with E-state index in [4.69, 9.17) is 0 Å². The highest BCUT2D eigenvalue weighted by atomic mass is 19.1. The molecule has 0 spiro atoms. The second kappa shape index (κ2) is 5.63. The number of halogens is 2. The van der Waals surface area contributed by atoms with Gasteiger partial charge in [0, 0.05) is 5.92 Å². The fourth-order valence-corrected chi connectivity index (χ4v) is 1.25. The van der Waals surface area contributed by atoms with E-state index < -0.39 is 13.3 Å². The van der Waals surface area contributed by atoms with Crippen LogP contribution in [-0.4, -0.2) is 13.3 Å². The fourth-order valence-electron chi connectivity index (χ4n) is 1.25. The van der Waals surface area contributed by atoms with Gasteiger partial charge in [-0.15, -0.1) is 0 Å². The molecule has 0 saturated heterocycles. The van der Waals surface area contributed by atoms with Gasteiger partial charge in [-0.3, -0.25) is 8.78 Å². The van der Waals surface area contributed by atoms with Crippen LogP contribution in [0.5, 0.6) is 0 Å². The van der Waals surface area contributed by atoms with Crippen molar-refractivity contribution in [2.45, 2.75) is 26.7 Å². The predicted octanol–water partition coefficient (Wildman–Crippen LogP) is 2.98. The predicted molar refractivity (Wildman–Crippen MR) is 39.5 cm³/mol. The van der Waals surface area contributed by atoms with E-state index in [1.807, 2.05) is 13.8 Å². The Kier molecular flexibility index (Phi) is 5.55. The van der Waals surface area contributed by atoms with Crippen LogP contribution in [0, 0.1) is 11.8 Å². The molecule has 0 fully saturated rings. The quantitative estimate of drug-likeness (QED) is 0.565. The molecule has 0 saturated carbocycles. The highest BCUT2D eigenvalue weighted by molar-refractivity contribution is 4.65. The lowest BCUT2D eigenvalue weighted by atomic mass is 9.90. The topological polar surface area (TPSA) is 0 Å². The van der Waals surface area contributed by atoms with Crippen molar-refractivity contribution in [3.8, 4) is 0 Å². The summed E-state index contributed by atoms with van der Waals surface area (Å²) in [5.74, 6) is -0.120. The van der Waals surface area contributed by atoms with Crippen molar-refractivity contribution in [3.63, 3.8) is 0 Å². The zero-order valence-electron chi connectivity index (χ0n) is 6.74. The Morgan fingerprint density at radius 1 is 0.900 bits per heavy atom. The van der Waals surface area contributed by atoms with E-state index in [-0.39, 0.29) is 11.8 Å². The van der Waals surface area contributed by atoms with Gasteiger partial charge in [-0.1, -0.05) is 26.7 Å². The summed E-state index contributed by atoms with van der Waals surface area (Å²) in [6.45, 7) is 2.94. The lowest BCUT2D eigenvalue weighted by Gasteiger charge is -2.18. The Morgan fingerprint density at radius 2 is 1.30 bits per heavy atom. The average Bonchev–Trinajstić information content (AvgIpc) is 2.00. The molecule has 0 rings (SSSR count). The minimum atomic E-state index is -0.511. The van der Waals surface area contributed by atoms with Gasteiger partial charge >= 0.3 is 0 Å². The second-order valence-corrected chi connectivity index (χ2v) is 2.65. The van der Waals surface area contributed by atoms with Crippen LogP contribution in [0.2, 0.25) is 0 Å². The van der Waals surface area contributed by atoms with Crippen LogP contribution >= 0.6 is 0 Å². The van der Waals surface area contributed by atoms with Gasteiger partial charge in [0.05, 0.1) is 13.3 Å². The molecule has 0 unspecified atom stereocenters. The molecule has 0 aliphatic rings. The van der Waals surface area contributed by atoms with Crippen molar-refractivity contribution < 1.29 is 8.78 Å². The first kappa shape index (κ1) is 9.86. The highest BCUT2D eigenvalue weighted by Gasteiger charge is 2.17. The van der Waals surface area contributed by atoms with E-state index in [1.54, 1.807) is 0 Å². The zero-order valence-corrected chi connectivity index (χ0v) is 6.74. The lowest BCUT2D eigenvalue weighted by Crippen LogP contribution is -2.17. The van der Waals surface area contributed by atoms with Crippen LogP contribution in [0.3, 0.4) is 0 Å². The maximum absolute atomic E-state index is 12.0. The fraction of sp³-hybridized carbons (Fsp3) is 1.00.